The fourth-order valence-electron chi connectivity index (χ4n) is 3.22. The zero-order valence-corrected chi connectivity index (χ0v) is 12.7. The molecule has 1 aliphatic rings. The predicted octanol–water partition coefficient (Wildman–Crippen LogP) is 0.909. The highest BCUT2D eigenvalue weighted by molar-refractivity contribution is 5.99. The predicted molar refractivity (Wildman–Crippen MR) is 78.3 cm³/mol. The Bertz CT molecular complexity index is 581. The second-order valence-electron chi connectivity index (χ2n) is 5.74. The molecule has 2 rings (SSSR count). The van der Waals surface area contributed by atoms with Crippen LogP contribution in [0.4, 0.5) is 5.82 Å². The van der Waals surface area contributed by atoms with Gasteiger partial charge in [0.05, 0.1) is 11.1 Å². The number of carbonyl (C=O) groups is 2. The van der Waals surface area contributed by atoms with E-state index in [0.29, 0.717) is 43.0 Å². The molecular formula is C14H22N4O3. The molecule has 1 atom stereocenters. The van der Waals surface area contributed by atoms with Gasteiger partial charge in [-0.3, -0.25) is 14.3 Å². The SMILES string of the molecule is CCC1(C(=O)O)CCCN(c2c(C(N)=O)c(C)nn2C)C1. The Morgan fingerprint density at radius 1 is 1.48 bits per heavy atom. The fourth-order valence-corrected chi connectivity index (χ4v) is 3.22. The third kappa shape index (κ3) is 2.48. The summed E-state index contributed by atoms with van der Waals surface area (Å²) in [5, 5.41) is 13.8. The van der Waals surface area contributed by atoms with Gasteiger partial charge in [-0.2, -0.15) is 5.10 Å². The number of carboxylic acids is 1. The molecular weight excluding hydrogens is 272 g/mol. The van der Waals surface area contributed by atoms with Crippen LogP contribution in [-0.4, -0.2) is 39.9 Å². The molecule has 0 bridgehead atoms. The summed E-state index contributed by atoms with van der Waals surface area (Å²) in [6, 6.07) is 0. The summed E-state index contributed by atoms with van der Waals surface area (Å²) in [7, 11) is 1.75. The molecule has 2 heterocycles. The van der Waals surface area contributed by atoms with E-state index in [-0.39, 0.29) is 0 Å². The van der Waals surface area contributed by atoms with Crippen molar-refractivity contribution in [1.29, 1.82) is 0 Å². The monoisotopic (exact) mass is 294 g/mol. The van der Waals surface area contributed by atoms with Crippen LogP contribution in [0.25, 0.3) is 0 Å². The number of nitrogens with zero attached hydrogens (tertiary/aromatic N) is 3. The van der Waals surface area contributed by atoms with Gasteiger partial charge in [0.1, 0.15) is 11.4 Å². The Kier molecular flexibility index (Phi) is 3.93. The van der Waals surface area contributed by atoms with Gasteiger partial charge in [0, 0.05) is 20.1 Å². The van der Waals surface area contributed by atoms with Gasteiger partial charge in [0.2, 0.25) is 0 Å². The van der Waals surface area contributed by atoms with Crippen molar-refractivity contribution in [3.63, 3.8) is 0 Å². The van der Waals surface area contributed by atoms with Crippen LogP contribution < -0.4 is 10.6 Å². The Labute approximate surface area is 123 Å². The summed E-state index contributed by atoms with van der Waals surface area (Å²) in [4.78, 5) is 25.3. The van der Waals surface area contributed by atoms with Crippen LogP contribution in [0.2, 0.25) is 0 Å². The number of aliphatic carboxylic acids is 1. The number of hydrogen-bond acceptors (Lipinski definition) is 4. The van der Waals surface area contributed by atoms with Crippen molar-refractivity contribution in [3.8, 4) is 0 Å². The van der Waals surface area contributed by atoms with Crippen molar-refractivity contribution in [1.82, 2.24) is 9.78 Å². The molecule has 1 fully saturated rings. The quantitative estimate of drug-likeness (QED) is 0.859. The van der Waals surface area contributed by atoms with Crippen LogP contribution in [0.3, 0.4) is 0 Å². The summed E-state index contributed by atoms with van der Waals surface area (Å²) in [6.07, 6.45) is 1.97. The highest BCUT2D eigenvalue weighted by atomic mass is 16.4. The zero-order chi connectivity index (χ0) is 15.8. The van der Waals surface area contributed by atoms with Crippen LogP contribution in [0.15, 0.2) is 0 Å². The molecule has 1 aromatic rings. The lowest BCUT2D eigenvalue weighted by atomic mass is 9.77. The van der Waals surface area contributed by atoms with Gasteiger partial charge in [-0.15, -0.1) is 0 Å². The van der Waals surface area contributed by atoms with E-state index in [4.69, 9.17) is 5.73 Å². The average molecular weight is 294 g/mol. The first-order chi connectivity index (χ1) is 9.82. The van der Waals surface area contributed by atoms with E-state index < -0.39 is 17.3 Å². The number of rotatable bonds is 4. The lowest BCUT2D eigenvalue weighted by Crippen LogP contribution is -2.48. The molecule has 0 saturated carbocycles. The zero-order valence-electron chi connectivity index (χ0n) is 12.7. The van der Waals surface area contributed by atoms with Crippen LogP contribution >= 0.6 is 0 Å². The molecule has 3 N–H and O–H groups in total. The van der Waals surface area contributed by atoms with Crippen LogP contribution in [0.5, 0.6) is 0 Å². The van der Waals surface area contributed by atoms with Crippen molar-refractivity contribution in [2.24, 2.45) is 18.2 Å². The molecule has 0 spiro atoms. The van der Waals surface area contributed by atoms with E-state index in [1.807, 2.05) is 11.8 Å². The Morgan fingerprint density at radius 3 is 2.67 bits per heavy atom. The van der Waals surface area contributed by atoms with E-state index in [1.54, 1.807) is 18.7 Å². The topological polar surface area (TPSA) is 101 Å². The van der Waals surface area contributed by atoms with Crippen molar-refractivity contribution in [2.75, 3.05) is 18.0 Å². The van der Waals surface area contributed by atoms with Gasteiger partial charge >= 0.3 is 5.97 Å². The van der Waals surface area contributed by atoms with Gasteiger partial charge in [-0.1, -0.05) is 6.92 Å². The summed E-state index contributed by atoms with van der Waals surface area (Å²) in [5.41, 5.74) is 5.64. The van der Waals surface area contributed by atoms with Crippen LogP contribution in [-0.2, 0) is 11.8 Å². The summed E-state index contributed by atoms with van der Waals surface area (Å²) < 4.78 is 1.61. The summed E-state index contributed by atoms with van der Waals surface area (Å²) in [5.74, 6) is -0.688. The van der Waals surface area contributed by atoms with Crippen LogP contribution in [0, 0.1) is 12.3 Å². The number of anilines is 1. The summed E-state index contributed by atoms with van der Waals surface area (Å²) >= 11 is 0. The lowest BCUT2D eigenvalue weighted by Gasteiger charge is -2.40. The molecule has 1 aliphatic heterocycles. The molecule has 0 aliphatic carbocycles. The van der Waals surface area contributed by atoms with E-state index in [9.17, 15) is 14.7 Å². The second kappa shape index (κ2) is 5.38. The van der Waals surface area contributed by atoms with Gasteiger partial charge in [0.15, 0.2) is 0 Å². The van der Waals surface area contributed by atoms with Gasteiger partial charge in [-0.05, 0) is 26.2 Å². The number of aromatic nitrogens is 2. The molecule has 21 heavy (non-hydrogen) atoms. The maximum Gasteiger partial charge on any atom is 0.311 e. The van der Waals surface area contributed by atoms with E-state index >= 15 is 0 Å². The Hall–Kier alpha value is -2.05. The first kappa shape index (κ1) is 15.3. The number of carboxylic acid groups (broad SMARTS) is 1. The highest BCUT2D eigenvalue weighted by Crippen LogP contribution is 2.37. The van der Waals surface area contributed by atoms with Gasteiger partial charge < -0.3 is 15.7 Å². The smallest absolute Gasteiger partial charge is 0.311 e. The lowest BCUT2D eigenvalue weighted by molar-refractivity contribution is -0.149. The number of carbonyl (C=O) groups excluding carboxylic acids is 1. The summed E-state index contributed by atoms with van der Waals surface area (Å²) in [6.45, 7) is 4.70. The highest BCUT2D eigenvalue weighted by Gasteiger charge is 2.42. The van der Waals surface area contributed by atoms with Crippen molar-refractivity contribution < 1.29 is 14.7 Å². The fraction of sp³-hybridized carbons (Fsp3) is 0.643. The van der Waals surface area contributed by atoms with E-state index in [0.717, 1.165) is 6.42 Å². The van der Waals surface area contributed by atoms with Crippen molar-refractivity contribution in [3.05, 3.63) is 11.3 Å². The van der Waals surface area contributed by atoms with E-state index in [2.05, 4.69) is 5.10 Å². The van der Waals surface area contributed by atoms with E-state index in [1.165, 1.54) is 0 Å². The Balaban J connectivity index is 2.43. The molecule has 0 radical (unpaired) electrons. The number of hydrogen-bond donors (Lipinski definition) is 2. The number of piperidine rings is 1. The second-order valence-corrected chi connectivity index (χ2v) is 5.74. The third-order valence-corrected chi connectivity index (χ3v) is 4.45. The maximum absolute atomic E-state index is 11.7. The minimum Gasteiger partial charge on any atom is -0.481 e. The minimum atomic E-state index is -0.783. The van der Waals surface area contributed by atoms with Gasteiger partial charge in [-0.25, -0.2) is 0 Å². The first-order valence-corrected chi connectivity index (χ1v) is 7.14. The third-order valence-electron chi connectivity index (χ3n) is 4.45. The molecule has 7 heteroatoms. The molecule has 1 amide bonds. The maximum atomic E-state index is 11.7. The van der Waals surface area contributed by atoms with Crippen molar-refractivity contribution >= 4 is 17.7 Å². The molecule has 7 nitrogen and oxygen atoms in total. The number of primary amides is 1. The van der Waals surface area contributed by atoms with Crippen LogP contribution in [0.1, 0.15) is 42.2 Å². The molecule has 0 aromatic carbocycles. The molecule has 116 valence electrons. The number of amides is 1. The number of nitrogens with two attached hydrogens (primary N) is 1. The van der Waals surface area contributed by atoms with Gasteiger partial charge in [0.25, 0.3) is 5.91 Å². The molecule has 1 aromatic heterocycles. The minimum absolute atomic E-state index is 0.373. The normalized spacial score (nSPS) is 22.3. The Morgan fingerprint density at radius 2 is 2.14 bits per heavy atom. The largest absolute Gasteiger partial charge is 0.481 e. The number of aryl methyl sites for hydroxylation is 2. The standard InChI is InChI=1S/C14H22N4O3/c1-4-14(13(20)21)6-5-7-18(8-14)12-10(11(15)19)9(2)16-17(12)3/h4-8H2,1-3H3,(H2,15,19)(H,20,21). The molecule has 1 unspecified atom stereocenters. The molecule has 1 saturated heterocycles. The average Bonchev–Trinajstić information content (AvgIpc) is 2.73. The van der Waals surface area contributed by atoms with Crippen molar-refractivity contribution in [2.45, 2.75) is 33.1 Å². The first-order valence-electron chi connectivity index (χ1n) is 7.14.